The number of halogens is 1. The lowest BCUT2D eigenvalue weighted by Gasteiger charge is -2.12. The molecule has 6 heteroatoms. The van der Waals surface area contributed by atoms with E-state index in [9.17, 15) is 0 Å². The predicted molar refractivity (Wildman–Crippen MR) is 108 cm³/mol. The van der Waals surface area contributed by atoms with Crippen molar-refractivity contribution in [3.8, 4) is 0 Å². The number of aliphatic imine (C=N–C) groups is 1. The average molecular weight is 437 g/mol. The first-order chi connectivity index (χ1) is 10.3. The minimum atomic E-state index is 0. The number of benzene rings is 1. The first-order valence-corrected chi connectivity index (χ1v) is 8.69. The summed E-state index contributed by atoms with van der Waals surface area (Å²) in [5, 5.41) is 6.67. The molecule has 0 saturated heterocycles. The van der Waals surface area contributed by atoms with Gasteiger partial charge in [-0.2, -0.15) is 11.8 Å². The van der Waals surface area contributed by atoms with Crippen molar-refractivity contribution in [2.75, 3.05) is 32.7 Å². The third-order valence-corrected chi connectivity index (χ3v) is 3.78. The molecule has 0 fully saturated rings. The van der Waals surface area contributed by atoms with Gasteiger partial charge in [-0.05, 0) is 36.0 Å². The second-order valence-electron chi connectivity index (χ2n) is 4.80. The van der Waals surface area contributed by atoms with Crippen LogP contribution in [0.5, 0.6) is 0 Å². The molecule has 0 bridgehead atoms. The molecule has 0 aromatic heterocycles. The van der Waals surface area contributed by atoms with Gasteiger partial charge in [0.2, 0.25) is 0 Å². The van der Waals surface area contributed by atoms with Gasteiger partial charge in [-0.25, -0.2) is 0 Å². The lowest BCUT2D eigenvalue weighted by Crippen LogP contribution is -2.37. The molecule has 1 rings (SSSR count). The molecular weight excluding hydrogens is 409 g/mol. The van der Waals surface area contributed by atoms with Crippen LogP contribution in [0.2, 0.25) is 0 Å². The third-order valence-electron chi connectivity index (χ3n) is 3.09. The van der Waals surface area contributed by atoms with Crippen LogP contribution in [0.4, 0.5) is 0 Å². The van der Waals surface area contributed by atoms with Crippen LogP contribution in [0.1, 0.15) is 24.0 Å². The molecule has 0 aliphatic carbocycles. The van der Waals surface area contributed by atoms with Gasteiger partial charge in [0.05, 0.1) is 6.61 Å². The molecule has 0 aliphatic heterocycles. The number of nitrogens with zero attached hydrogens (tertiary/aromatic N) is 1. The number of guanidine groups is 1. The quantitative estimate of drug-likeness (QED) is 0.270. The SMILES string of the molecule is CN=C(NCCCCSC)NCc1ccc(COC)cc1.I. The zero-order chi connectivity index (χ0) is 15.3. The maximum absolute atomic E-state index is 5.11. The molecule has 4 nitrogen and oxygen atoms in total. The highest BCUT2D eigenvalue weighted by Gasteiger charge is 1.99. The van der Waals surface area contributed by atoms with Crippen molar-refractivity contribution in [1.29, 1.82) is 0 Å². The van der Waals surface area contributed by atoms with Crippen LogP contribution in [0, 0.1) is 0 Å². The number of ether oxygens (including phenoxy) is 1. The zero-order valence-electron chi connectivity index (χ0n) is 13.7. The van der Waals surface area contributed by atoms with E-state index in [1.54, 1.807) is 14.2 Å². The molecule has 0 atom stereocenters. The number of hydrogen-bond donors (Lipinski definition) is 2. The molecule has 0 amide bonds. The van der Waals surface area contributed by atoms with Gasteiger partial charge < -0.3 is 15.4 Å². The highest BCUT2D eigenvalue weighted by molar-refractivity contribution is 14.0. The van der Waals surface area contributed by atoms with Crippen molar-refractivity contribution in [3.05, 3.63) is 35.4 Å². The standard InChI is InChI=1S/C16H27N3OS.HI/c1-17-16(18-10-4-5-11-21-3)19-12-14-6-8-15(9-7-14)13-20-2;/h6-9H,4-5,10-13H2,1-3H3,(H2,17,18,19);1H. The smallest absolute Gasteiger partial charge is 0.191 e. The summed E-state index contributed by atoms with van der Waals surface area (Å²) in [5.41, 5.74) is 2.43. The molecule has 0 radical (unpaired) electrons. The summed E-state index contributed by atoms with van der Waals surface area (Å²) in [5.74, 6) is 2.08. The van der Waals surface area contributed by atoms with Crippen molar-refractivity contribution < 1.29 is 4.74 Å². The first-order valence-electron chi connectivity index (χ1n) is 7.30. The monoisotopic (exact) mass is 437 g/mol. The second kappa shape index (κ2) is 14.1. The number of unbranched alkanes of at least 4 members (excludes halogenated alkanes) is 1. The fourth-order valence-electron chi connectivity index (χ4n) is 1.90. The van der Waals surface area contributed by atoms with E-state index in [0.717, 1.165) is 19.0 Å². The molecular formula is C16H28IN3OS. The summed E-state index contributed by atoms with van der Waals surface area (Å²) in [6, 6.07) is 8.43. The molecule has 1 aromatic rings. The highest BCUT2D eigenvalue weighted by Crippen LogP contribution is 2.05. The summed E-state index contributed by atoms with van der Waals surface area (Å²) in [7, 11) is 3.52. The van der Waals surface area contributed by atoms with Gasteiger partial charge in [0, 0.05) is 27.2 Å². The Balaban J connectivity index is 0.00000441. The molecule has 0 aliphatic rings. The number of methoxy groups -OCH3 is 1. The highest BCUT2D eigenvalue weighted by atomic mass is 127. The number of rotatable bonds is 9. The van der Waals surface area contributed by atoms with Gasteiger partial charge in [-0.3, -0.25) is 4.99 Å². The number of thioether (sulfide) groups is 1. The average Bonchev–Trinajstić information content (AvgIpc) is 2.52. The van der Waals surface area contributed by atoms with E-state index in [-0.39, 0.29) is 24.0 Å². The fourth-order valence-corrected chi connectivity index (χ4v) is 2.40. The first kappa shape index (κ1) is 21.5. The zero-order valence-corrected chi connectivity index (χ0v) is 16.9. The molecule has 0 unspecified atom stereocenters. The van der Waals surface area contributed by atoms with Gasteiger partial charge in [0.25, 0.3) is 0 Å². The topological polar surface area (TPSA) is 45.7 Å². The van der Waals surface area contributed by atoms with Gasteiger partial charge >= 0.3 is 0 Å². The van der Waals surface area contributed by atoms with E-state index in [1.807, 2.05) is 11.8 Å². The Morgan fingerprint density at radius 1 is 1.14 bits per heavy atom. The Labute approximate surface area is 155 Å². The van der Waals surface area contributed by atoms with E-state index in [1.165, 1.54) is 29.7 Å². The van der Waals surface area contributed by atoms with Gasteiger partial charge in [0.1, 0.15) is 0 Å². The molecule has 126 valence electrons. The maximum atomic E-state index is 5.11. The molecule has 0 saturated carbocycles. The maximum Gasteiger partial charge on any atom is 0.191 e. The number of hydrogen-bond acceptors (Lipinski definition) is 3. The van der Waals surface area contributed by atoms with Crippen molar-refractivity contribution in [3.63, 3.8) is 0 Å². The Bertz CT molecular complexity index is 412. The van der Waals surface area contributed by atoms with Crippen molar-refractivity contribution >= 4 is 41.7 Å². The summed E-state index contributed by atoms with van der Waals surface area (Å²) in [4.78, 5) is 4.24. The normalized spacial score (nSPS) is 11.0. The van der Waals surface area contributed by atoms with Crippen LogP contribution in [-0.4, -0.2) is 38.7 Å². The Hall–Kier alpha value is -0.470. The van der Waals surface area contributed by atoms with Crippen molar-refractivity contribution in [2.24, 2.45) is 4.99 Å². The van der Waals surface area contributed by atoms with Crippen LogP contribution < -0.4 is 10.6 Å². The van der Waals surface area contributed by atoms with E-state index in [2.05, 4.69) is 46.1 Å². The summed E-state index contributed by atoms with van der Waals surface area (Å²) in [6.45, 7) is 2.40. The van der Waals surface area contributed by atoms with Crippen molar-refractivity contribution in [2.45, 2.75) is 26.0 Å². The lowest BCUT2D eigenvalue weighted by molar-refractivity contribution is 0.185. The fraction of sp³-hybridized carbons (Fsp3) is 0.562. The van der Waals surface area contributed by atoms with Gasteiger partial charge in [-0.15, -0.1) is 24.0 Å². The lowest BCUT2D eigenvalue weighted by atomic mass is 10.1. The van der Waals surface area contributed by atoms with E-state index in [0.29, 0.717) is 6.61 Å². The van der Waals surface area contributed by atoms with Gasteiger partial charge in [0.15, 0.2) is 5.96 Å². The Kier molecular flexibility index (Phi) is 13.8. The third kappa shape index (κ3) is 9.53. The Morgan fingerprint density at radius 3 is 2.41 bits per heavy atom. The summed E-state index contributed by atoms with van der Waals surface area (Å²) < 4.78 is 5.11. The van der Waals surface area contributed by atoms with Crippen LogP contribution in [0.25, 0.3) is 0 Å². The van der Waals surface area contributed by atoms with Crippen LogP contribution in [-0.2, 0) is 17.9 Å². The predicted octanol–water partition coefficient (Wildman–Crippen LogP) is 3.26. The van der Waals surface area contributed by atoms with Crippen LogP contribution in [0.3, 0.4) is 0 Å². The molecule has 1 aromatic carbocycles. The van der Waals surface area contributed by atoms with Crippen LogP contribution in [0.15, 0.2) is 29.3 Å². The molecule has 2 N–H and O–H groups in total. The second-order valence-corrected chi connectivity index (χ2v) is 5.79. The molecule has 0 spiro atoms. The van der Waals surface area contributed by atoms with Gasteiger partial charge in [-0.1, -0.05) is 24.3 Å². The van der Waals surface area contributed by atoms with Crippen LogP contribution >= 0.6 is 35.7 Å². The molecule has 0 heterocycles. The van der Waals surface area contributed by atoms with E-state index in [4.69, 9.17) is 4.74 Å². The van der Waals surface area contributed by atoms with Crippen molar-refractivity contribution in [1.82, 2.24) is 10.6 Å². The molecule has 22 heavy (non-hydrogen) atoms. The minimum absolute atomic E-state index is 0. The summed E-state index contributed by atoms with van der Waals surface area (Å²) >= 11 is 1.90. The Morgan fingerprint density at radius 2 is 1.82 bits per heavy atom. The van der Waals surface area contributed by atoms with E-state index >= 15 is 0 Å². The minimum Gasteiger partial charge on any atom is -0.380 e. The number of nitrogens with one attached hydrogen (secondary N) is 2. The summed E-state index contributed by atoms with van der Waals surface area (Å²) in [6.07, 6.45) is 4.56. The van der Waals surface area contributed by atoms with E-state index < -0.39 is 0 Å². The largest absolute Gasteiger partial charge is 0.380 e.